The van der Waals surface area contributed by atoms with Crippen LogP contribution in [0.4, 0.5) is 0 Å². The lowest BCUT2D eigenvalue weighted by molar-refractivity contribution is -0.197. The zero-order valence-electron chi connectivity index (χ0n) is 19.1. The van der Waals surface area contributed by atoms with E-state index in [4.69, 9.17) is 16.3 Å². The van der Waals surface area contributed by atoms with Crippen LogP contribution < -0.4 is 0 Å². The Hall–Kier alpha value is -0.120. The Balaban J connectivity index is 1.97. The smallest absolute Gasteiger partial charge is 0.168 e. The van der Waals surface area contributed by atoms with Crippen LogP contribution in [0.5, 0.6) is 0 Å². The van der Waals surface area contributed by atoms with E-state index >= 15 is 0 Å². The van der Waals surface area contributed by atoms with Crippen LogP contribution in [0.15, 0.2) is 0 Å². The van der Waals surface area contributed by atoms with E-state index in [2.05, 4.69) is 20.8 Å². The molecule has 1 aliphatic carbocycles. The van der Waals surface area contributed by atoms with Gasteiger partial charge >= 0.3 is 0 Å². The van der Waals surface area contributed by atoms with Crippen molar-refractivity contribution in [3.8, 4) is 0 Å². The summed E-state index contributed by atoms with van der Waals surface area (Å²) in [6, 6.07) is 0. The van der Waals surface area contributed by atoms with Crippen LogP contribution >= 0.6 is 0 Å². The molecule has 1 heterocycles. The lowest BCUT2D eigenvalue weighted by Gasteiger charge is -2.41. The Morgan fingerprint density at radius 2 is 2.05 bits per heavy atom. The van der Waals surface area contributed by atoms with Gasteiger partial charge in [0.25, 0.3) is 0 Å². The van der Waals surface area contributed by atoms with Crippen LogP contribution in [0, 0.1) is 11.3 Å². The number of likely N-dealkylation sites (N-methyl/N-ethyl adjacent to an activating group) is 1. The maximum atomic E-state index is 8.07. The predicted molar refractivity (Wildman–Crippen MR) is 87.4 cm³/mol. The van der Waals surface area contributed by atoms with Crippen molar-refractivity contribution in [3.05, 3.63) is 0 Å². The van der Waals surface area contributed by atoms with Crippen LogP contribution in [0.3, 0.4) is 0 Å². The molecule has 1 saturated heterocycles. The Kier molecular flexibility index (Phi) is 3.79. The van der Waals surface area contributed by atoms with Crippen molar-refractivity contribution >= 4 is 0 Å². The van der Waals surface area contributed by atoms with Gasteiger partial charge in [0.15, 0.2) is 5.79 Å². The molecule has 0 aromatic heterocycles. The van der Waals surface area contributed by atoms with Gasteiger partial charge in [0.2, 0.25) is 0 Å². The Labute approximate surface area is 138 Å². The molecule has 2 aliphatic rings. The summed E-state index contributed by atoms with van der Waals surface area (Å²) in [4.78, 5) is 1.40. The second kappa shape index (κ2) is 6.97. The van der Waals surface area contributed by atoms with Gasteiger partial charge in [-0.15, -0.1) is 0 Å². The average Bonchev–Trinajstić information content (AvgIpc) is 2.88. The quantitative estimate of drug-likeness (QED) is 0.764. The van der Waals surface area contributed by atoms with E-state index in [1.165, 1.54) is 4.90 Å². The fraction of sp³-hybridized carbons (Fsp3) is 1.00. The summed E-state index contributed by atoms with van der Waals surface area (Å²) >= 11 is 0. The molecule has 0 radical (unpaired) electrons. The molecule has 2 fully saturated rings. The standard InChI is InChI=1S/C18H35NO2/c1-6-12-19(7-2)13-16-14-20-18(21-16)10-8-15(9-11-18)17(3,4)5/h15-16H,6-14H2,1-5H3/i2D3,7D2. The minimum absolute atomic E-state index is 0.240. The van der Waals surface area contributed by atoms with Gasteiger partial charge in [0, 0.05) is 26.2 Å². The van der Waals surface area contributed by atoms with E-state index in [0.29, 0.717) is 25.5 Å². The molecule has 1 aliphatic heterocycles. The summed E-state index contributed by atoms with van der Waals surface area (Å²) in [7, 11) is 0. The minimum Gasteiger partial charge on any atom is -0.347 e. The lowest BCUT2D eigenvalue weighted by Crippen LogP contribution is -2.40. The van der Waals surface area contributed by atoms with Crippen molar-refractivity contribution in [3.63, 3.8) is 0 Å². The van der Waals surface area contributed by atoms with Crippen LogP contribution in [-0.4, -0.2) is 43.0 Å². The molecule has 3 nitrogen and oxygen atoms in total. The Morgan fingerprint density at radius 3 is 2.62 bits per heavy atom. The molecule has 1 atom stereocenters. The minimum atomic E-state index is -2.69. The third kappa shape index (κ3) is 4.43. The molecule has 21 heavy (non-hydrogen) atoms. The lowest BCUT2D eigenvalue weighted by atomic mass is 9.71. The second-order valence-corrected chi connectivity index (χ2v) is 7.66. The molecule has 0 aromatic carbocycles. The number of ether oxygens (including phenoxy) is 2. The molecule has 0 bridgehead atoms. The SMILES string of the molecule is [2H]C([2H])([2H])C([2H])([2H])N(CCC)CC1COC2(CCC(C(C)(C)C)CC2)O1. The fourth-order valence-corrected chi connectivity index (χ4v) is 3.60. The normalized spacial score (nSPS) is 38.8. The van der Waals surface area contributed by atoms with Crippen LogP contribution in [0.25, 0.3) is 0 Å². The summed E-state index contributed by atoms with van der Waals surface area (Å²) in [5, 5.41) is 0. The molecule has 0 amide bonds. The molecular weight excluding hydrogens is 262 g/mol. The molecule has 0 N–H and O–H groups in total. The molecule has 124 valence electrons. The van der Waals surface area contributed by atoms with Crippen LogP contribution in [-0.2, 0) is 9.47 Å². The van der Waals surface area contributed by atoms with Crippen molar-refractivity contribution < 1.29 is 16.3 Å². The van der Waals surface area contributed by atoms with E-state index in [-0.39, 0.29) is 18.1 Å². The topological polar surface area (TPSA) is 21.7 Å². The third-order valence-corrected chi connectivity index (χ3v) is 4.96. The van der Waals surface area contributed by atoms with Gasteiger partial charge in [-0.25, -0.2) is 0 Å². The molecule has 0 aromatic rings. The number of nitrogens with zero attached hydrogens (tertiary/aromatic N) is 1. The van der Waals surface area contributed by atoms with Gasteiger partial charge in [0.05, 0.1) is 12.7 Å². The van der Waals surface area contributed by atoms with Crippen molar-refractivity contribution in [2.24, 2.45) is 11.3 Å². The van der Waals surface area contributed by atoms with Crippen molar-refractivity contribution in [1.29, 1.82) is 0 Å². The molecule has 3 heteroatoms. The summed E-state index contributed by atoms with van der Waals surface area (Å²) in [6.45, 7) is 4.70. The van der Waals surface area contributed by atoms with Gasteiger partial charge in [-0.3, -0.25) is 0 Å². The number of hydrogen-bond acceptors (Lipinski definition) is 3. The first kappa shape index (κ1) is 11.4. The van der Waals surface area contributed by atoms with E-state index in [1.807, 2.05) is 6.92 Å². The average molecular weight is 303 g/mol. The number of hydrogen-bond donors (Lipinski definition) is 0. The van der Waals surface area contributed by atoms with Crippen LogP contribution in [0.2, 0.25) is 0 Å². The van der Waals surface area contributed by atoms with Gasteiger partial charge in [0.1, 0.15) is 0 Å². The molecule has 1 saturated carbocycles. The van der Waals surface area contributed by atoms with E-state index < -0.39 is 19.1 Å². The Bertz CT molecular complexity index is 467. The van der Waals surface area contributed by atoms with Crippen molar-refractivity contribution in [2.45, 2.75) is 78.5 Å². The third-order valence-electron chi connectivity index (χ3n) is 4.96. The molecule has 1 unspecified atom stereocenters. The first-order valence-electron chi connectivity index (χ1n) is 10.9. The highest BCUT2D eigenvalue weighted by atomic mass is 16.7. The summed E-state index contributed by atoms with van der Waals surface area (Å²) in [6.07, 6.45) is 4.22. The molecular formula is C18H35NO2. The van der Waals surface area contributed by atoms with E-state index in [0.717, 1.165) is 25.7 Å². The van der Waals surface area contributed by atoms with Crippen LogP contribution in [0.1, 0.15) is 73.5 Å². The van der Waals surface area contributed by atoms with Crippen molar-refractivity contribution in [2.75, 3.05) is 26.2 Å². The highest BCUT2D eigenvalue weighted by Crippen LogP contribution is 2.45. The number of rotatable bonds is 5. The first-order chi connectivity index (χ1) is 11.8. The van der Waals surface area contributed by atoms with Gasteiger partial charge in [-0.2, -0.15) is 0 Å². The highest BCUT2D eigenvalue weighted by Gasteiger charge is 2.45. The molecule has 2 rings (SSSR count). The molecule has 1 spiro atoms. The van der Waals surface area contributed by atoms with Gasteiger partial charge in [-0.05, 0) is 43.6 Å². The predicted octanol–water partition coefficient (Wildman–Crippen LogP) is 4.07. The van der Waals surface area contributed by atoms with E-state index in [9.17, 15) is 0 Å². The van der Waals surface area contributed by atoms with Gasteiger partial charge in [-0.1, -0.05) is 34.5 Å². The summed E-state index contributed by atoms with van der Waals surface area (Å²) < 4.78 is 51.0. The summed E-state index contributed by atoms with van der Waals surface area (Å²) in [5.74, 6) is 0.0949. The van der Waals surface area contributed by atoms with Crippen molar-refractivity contribution in [1.82, 2.24) is 4.90 Å². The zero-order chi connectivity index (χ0) is 19.8. The zero-order valence-corrected chi connectivity index (χ0v) is 14.1. The summed E-state index contributed by atoms with van der Waals surface area (Å²) in [5.41, 5.74) is 0.285. The maximum Gasteiger partial charge on any atom is 0.168 e. The second-order valence-electron chi connectivity index (χ2n) is 7.66. The monoisotopic (exact) mass is 302 g/mol. The largest absolute Gasteiger partial charge is 0.347 e. The fourth-order valence-electron chi connectivity index (χ4n) is 3.60. The first-order valence-corrected chi connectivity index (χ1v) is 8.37. The highest BCUT2D eigenvalue weighted by molar-refractivity contribution is 4.89. The maximum absolute atomic E-state index is 8.07. The Morgan fingerprint density at radius 1 is 1.33 bits per heavy atom. The van der Waals surface area contributed by atoms with E-state index in [1.54, 1.807) is 0 Å². The van der Waals surface area contributed by atoms with Gasteiger partial charge < -0.3 is 14.4 Å².